The van der Waals surface area contributed by atoms with Gasteiger partial charge in [-0.3, -0.25) is 4.90 Å². The van der Waals surface area contributed by atoms with Crippen LogP contribution in [0.1, 0.15) is 12.5 Å². The third kappa shape index (κ3) is 5.14. The lowest BCUT2D eigenvalue weighted by molar-refractivity contribution is 0.0696. The Kier molecular flexibility index (Phi) is 6.29. The zero-order valence-electron chi connectivity index (χ0n) is 12.2. The molecular formula is C15H22N2O2S2. The molecule has 0 amide bonds. The molecule has 21 heavy (non-hydrogen) atoms. The van der Waals surface area contributed by atoms with E-state index in [-0.39, 0.29) is 6.61 Å². The lowest BCUT2D eigenvalue weighted by Gasteiger charge is -2.31. The number of aliphatic hydroxyl groups is 1. The summed E-state index contributed by atoms with van der Waals surface area (Å²) < 4.78 is 5.68. The van der Waals surface area contributed by atoms with E-state index in [2.05, 4.69) is 11.8 Å². The summed E-state index contributed by atoms with van der Waals surface area (Å²) >= 11 is 6.98. The maximum absolute atomic E-state index is 10.1. The summed E-state index contributed by atoms with van der Waals surface area (Å²) in [6.45, 7) is 5.15. The molecule has 3 N–H and O–H groups in total. The van der Waals surface area contributed by atoms with Crippen LogP contribution in [0.25, 0.3) is 0 Å². The van der Waals surface area contributed by atoms with Gasteiger partial charge in [0.05, 0.1) is 5.56 Å². The molecule has 1 saturated heterocycles. The van der Waals surface area contributed by atoms with Gasteiger partial charge in [0.1, 0.15) is 23.4 Å². The summed E-state index contributed by atoms with van der Waals surface area (Å²) in [7, 11) is 0. The summed E-state index contributed by atoms with van der Waals surface area (Å²) in [5, 5.41) is 10.8. The monoisotopic (exact) mass is 326 g/mol. The molecule has 0 saturated carbocycles. The highest BCUT2D eigenvalue weighted by atomic mass is 32.2. The Hall–Kier alpha value is -0.820. The van der Waals surface area contributed by atoms with Crippen molar-refractivity contribution in [2.75, 3.05) is 32.0 Å². The molecule has 2 rings (SSSR count). The van der Waals surface area contributed by atoms with Gasteiger partial charge in [-0.15, -0.1) is 0 Å². The van der Waals surface area contributed by atoms with E-state index in [9.17, 15) is 5.11 Å². The highest BCUT2D eigenvalue weighted by Gasteiger charge is 2.19. The van der Waals surface area contributed by atoms with Crippen LogP contribution in [0.3, 0.4) is 0 Å². The largest absolute Gasteiger partial charge is 0.490 e. The van der Waals surface area contributed by atoms with Gasteiger partial charge >= 0.3 is 0 Å². The molecule has 1 aromatic rings. The molecule has 0 bridgehead atoms. The molecule has 4 nitrogen and oxygen atoms in total. The topological polar surface area (TPSA) is 58.7 Å². The number of β-amino-alcohol motifs (C(OH)–C–C–N with tert-alkyl or cyclic N) is 1. The fourth-order valence-electron chi connectivity index (χ4n) is 2.39. The second kappa shape index (κ2) is 7.98. The average Bonchev–Trinajstić information content (AvgIpc) is 2.45. The van der Waals surface area contributed by atoms with Gasteiger partial charge in [0.15, 0.2) is 0 Å². The number of rotatable bonds is 6. The normalized spacial score (nSPS) is 21.0. The van der Waals surface area contributed by atoms with Gasteiger partial charge in [-0.25, -0.2) is 0 Å². The van der Waals surface area contributed by atoms with Gasteiger partial charge in [-0.1, -0.05) is 31.3 Å². The average molecular weight is 326 g/mol. The number of thioether (sulfide) groups is 1. The SMILES string of the molecule is CC1CN(CC(O)COc2ccccc2C(N)=S)CCS1. The van der Waals surface area contributed by atoms with E-state index in [1.807, 2.05) is 36.0 Å². The molecule has 0 aliphatic carbocycles. The molecule has 6 heteroatoms. The molecule has 2 atom stereocenters. The van der Waals surface area contributed by atoms with E-state index in [0.29, 0.717) is 28.1 Å². The zero-order valence-corrected chi connectivity index (χ0v) is 13.8. The lowest BCUT2D eigenvalue weighted by atomic mass is 10.2. The molecule has 1 aromatic carbocycles. The zero-order chi connectivity index (χ0) is 15.2. The lowest BCUT2D eigenvalue weighted by Crippen LogP contribution is -2.42. The van der Waals surface area contributed by atoms with E-state index in [1.54, 1.807) is 0 Å². The molecule has 0 aromatic heterocycles. The Balaban J connectivity index is 1.84. The fourth-order valence-corrected chi connectivity index (χ4v) is 3.64. The number of ether oxygens (including phenoxy) is 1. The van der Waals surface area contributed by atoms with Crippen LogP contribution in [0.2, 0.25) is 0 Å². The number of thiocarbonyl (C=S) groups is 1. The number of benzene rings is 1. The van der Waals surface area contributed by atoms with E-state index < -0.39 is 6.10 Å². The minimum absolute atomic E-state index is 0.248. The molecular weight excluding hydrogens is 304 g/mol. The summed E-state index contributed by atoms with van der Waals surface area (Å²) in [4.78, 5) is 2.59. The maximum Gasteiger partial charge on any atom is 0.129 e. The molecule has 1 aliphatic heterocycles. The van der Waals surface area contributed by atoms with Crippen molar-refractivity contribution in [1.29, 1.82) is 0 Å². The Labute approximate surface area is 135 Å². The van der Waals surface area contributed by atoms with Crippen molar-refractivity contribution < 1.29 is 9.84 Å². The van der Waals surface area contributed by atoms with E-state index in [0.717, 1.165) is 18.8 Å². The first-order valence-electron chi connectivity index (χ1n) is 7.10. The van der Waals surface area contributed by atoms with Gasteiger partial charge in [0.2, 0.25) is 0 Å². The van der Waals surface area contributed by atoms with Crippen molar-refractivity contribution in [3.05, 3.63) is 29.8 Å². The predicted octanol–water partition coefficient (Wildman–Crippen LogP) is 1.50. The van der Waals surface area contributed by atoms with Gasteiger partial charge in [-0.2, -0.15) is 11.8 Å². The van der Waals surface area contributed by atoms with Crippen molar-refractivity contribution in [1.82, 2.24) is 4.90 Å². The minimum Gasteiger partial charge on any atom is -0.490 e. The Morgan fingerprint density at radius 3 is 3.05 bits per heavy atom. The van der Waals surface area contributed by atoms with Gasteiger partial charge in [0, 0.05) is 30.6 Å². The van der Waals surface area contributed by atoms with Crippen molar-refractivity contribution >= 4 is 29.0 Å². The van der Waals surface area contributed by atoms with Crippen LogP contribution in [0.4, 0.5) is 0 Å². The molecule has 2 unspecified atom stereocenters. The van der Waals surface area contributed by atoms with E-state index in [1.165, 1.54) is 0 Å². The number of nitrogens with two attached hydrogens (primary N) is 1. The van der Waals surface area contributed by atoms with Crippen LogP contribution in [-0.4, -0.2) is 58.3 Å². The smallest absolute Gasteiger partial charge is 0.129 e. The van der Waals surface area contributed by atoms with Crippen molar-refractivity contribution in [2.45, 2.75) is 18.3 Å². The van der Waals surface area contributed by atoms with Crippen LogP contribution < -0.4 is 10.5 Å². The highest BCUT2D eigenvalue weighted by Crippen LogP contribution is 2.19. The standard InChI is InChI=1S/C15H22N2O2S2/c1-11-8-17(6-7-21-11)9-12(18)10-19-14-5-3-2-4-13(14)15(16)20/h2-5,11-12,18H,6-10H2,1H3,(H2,16,20). The molecule has 0 spiro atoms. The van der Waals surface area contributed by atoms with Crippen LogP contribution >= 0.6 is 24.0 Å². The third-order valence-electron chi connectivity index (χ3n) is 3.38. The second-order valence-electron chi connectivity index (χ2n) is 5.27. The second-order valence-corrected chi connectivity index (χ2v) is 7.25. The van der Waals surface area contributed by atoms with Crippen LogP contribution in [0.5, 0.6) is 5.75 Å². The number of para-hydroxylation sites is 1. The highest BCUT2D eigenvalue weighted by molar-refractivity contribution is 7.99. The summed E-state index contributed by atoms with van der Waals surface area (Å²) in [6, 6.07) is 7.38. The van der Waals surface area contributed by atoms with E-state index in [4.69, 9.17) is 22.7 Å². The van der Waals surface area contributed by atoms with Crippen molar-refractivity contribution in [2.24, 2.45) is 5.73 Å². The number of hydrogen-bond acceptors (Lipinski definition) is 5. The molecule has 1 heterocycles. The maximum atomic E-state index is 10.1. The van der Waals surface area contributed by atoms with Gasteiger partial charge < -0.3 is 15.6 Å². The Morgan fingerprint density at radius 1 is 1.57 bits per heavy atom. The third-order valence-corrected chi connectivity index (χ3v) is 4.73. The van der Waals surface area contributed by atoms with Crippen molar-refractivity contribution in [3.63, 3.8) is 0 Å². The van der Waals surface area contributed by atoms with Crippen LogP contribution in [0.15, 0.2) is 24.3 Å². The molecule has 116 valence electrons. The van der Waals surface area contributed by atoms with E-state index >= 15 is 0 Å². The first-order valence-corrected chi connectivity index (χ1v) is 8.55. The van der Waals surface area contributed by atoms with Gasteiger partial charge in [-0.05, 0) is 12.1 Å². The molecule has 1 fully saturated rings. The summed E-state index contributed by atoms with van der Waals surface area (Å²) in [6.07, 6.45) is -0.514. The fraction of sp³-hybridized carbons (Fsp3) is 0.533. The van der Waals surface area contributed by atoms with Crippen LogP contribution in [-0.2, 0) is 0 Å². The quantitative estimate of drug-likeness (QED) is 0.773. The molecule has 0 radical (unpaired) electrons. The predicted molar refractivity (Wildman–Crippen MR) is 92.2 cm³/mol. The molecule has 1 aliphatic rings. The van der Waals surface area contributed by atoms with Crippen molar-refractivity contribution in [3.8, 4) is 5.75 Å². The Morgan fingerprint density at radius 2 is 2.33 bits per heavy atom. The number of nitrogens with zero attached hydrogens (tertiary/aromatic N) is 1. The number of hydrogen-bond donors (Lipinski definition) is 2. The van der Waals surface area contributed by atoms with Gasteiger partial charge in [0.25, 0.3) is 0 Å². The van der Waals surface area contributed by atoms with Crippen LogP contribution in [0, 0.1) is 0 Å². The summed E-state index contributed by atoms with van der Waals surface area (Å²) in [5.74, 6) is 1.76. The first-order chi connectivity index (χ1) is 10.1. The summed E-state index contributed by atoms with van der Waals surface area (Å²) in [5.41, 5.74) is 6.37. The number of aliphatic hydroxyl groups excluding tert-OH is 1. The first kappa shape index (κ1) is 16.5. The Bertz CT molecular complexity index is 484. The minimum atomic E-state index is -0.514.